The van der Waals surface area contributed by atoms with Gasteiger partial charge in [0.1, 0.15) is 28.5 Å². The predicted octanol–water partition coefficient (Wildman–Crippen LogP) is 0.387. The highest BCUT2D eigenvalue weighted by Crippen LogP contribution is 2.42. The van der Waals surface area contributed by atoms with Crippen molar-refractivity contribution in [3.63, 3.8) is 0 Å². The van der Waals surface area contributed by atoms with Crippen LogP contribution in [0.2, 0.25) is 0 Å². The maximum absolute atomic E-state index is 12.0. The molecule has 0 radical (unpaired) electrons. The molecule has 144 valence electrons. The van der Waals surface area contributed by atoms with E-state index in [0.717, 1.165) is 11.8 Å². The molecule has 0 unspecified atom stereocenters. The fourth-order valence-corrected chi connectivity index (χ4v) is 4.58. The molecule has 2 fully saturated rings. The number of fused-ring (bicyclic) bond motifs is 1. The highest BCUT2D eigenvalue weighted by atomic mass is 32.2. The van der Waals surface area contributed by atoms with E-state index in [-0.39, 0.29) is 16.8 Å². The number of ether oxygens (including phenoxy) is 4. The minimum absolute atomic E-state index is 0.207. The molecule has 1 amide bonds. The number of carbonyl (C=O) groups excluding carboxylic acids is 4. The summed E-state index contributed by atoms with van der Waals surface area (Å²) in [5, 5.41) is 0. The van der Waals surface area contributed by atoms with Gasteiger partial charge in [-0.3, -0.25) is 24.1 Å². The molecule has 0 bridgehead atoms. The van der Waals surface area contributed by atoms with E-state index < -0.39 is 47.7 Å². The Morgan fingerprint density at radius 1 is 1.04 bits per heavy atom. The van der Waals surface area contributed by atoms with Crippen LogP contribution in [0, 0.1) is 0 Å². The van der Waals surface area contributed by atoms with Gasteiger partial charge in [0, 0.05) is 27.7 Å². The summed E-state index contributed by atoms with van der Waals surface area (Å²) in [7, 11) is 0. The number of hydrogen-bond acceptors (Lipinski definition) is 10. The Labute approximate surface area is 159 Å². The number of rotatable bonds is 4. The Hall–Kier alpha value is -1.72. The first-order valence-corrected chi connectivity index (χ1v) is 9.04. The number of nitrogens with zero attached hydrogens (tertiary/aromatic N) is 1. The van der Waals surface area contributed by atoms with E-state index in [9.17, 15) is 19.2 Å². The molecule has 11 heteroatoms. The normalized spacial score (nSPS) is 30.4. The van der Waals surface area contributed by atoms with Crippen molar-refractivity contribution >= 4 is 52.1 Å². The fraction of sp³-hybridized carbons (Fsp3) is 0.667. The second-order valence-electron chi connectivity index (χ2n) is 5.76. The highest BCUT2D eigenvalue weighted by Gasteiger charge is 2.57. The first-order valence-electron chi connectivity index (χ1n) is 7.75. The molecule has 2 saturated heterocycles. The Balaban J connectivity index is 2.40. The van der Waals surface area contributed by atoms with Crippen LogP contribution in [0.25, 0.3) is 0 Å². The van der Waals surface area contributed by atoms with Crippen LogP contribution in [0.5, 0.6) is 0 Å². The predicted molar refractivity (Wildman–Crippen MR) is 92.9 cm³/mol. The highest BCUT2D eigenvalue weighted by molar-refractivity contribution is 8.23. The summed E-state index contributed by atoms with van der Waals surface area (Å²) < 4.78 is 21.8. The van der Waals surface area contributed by atoms with Crippen molar-refractivity contribution in [2.75, 3.05) is 6.61 Å². The van der Waals surface area contributed by atoms with E-state index in [0.29, 0.717) is 0 Å². The largest absolute Gasteiger partial charge is 0.463 e. The van der Waals surface area contributed by atoms with Gasteiger partial charge < -0.3 is 18.9 Å². The molecule has 2 rings (SSSR count). The van der Waals surface area contributed by atoms with Crippen molar-refractivity contribution in [1.29, 1.82) is 0 Å². The van der Waals surface area contributed by atoms with Crippen molar-refractivity contribution in [2.45, 2.75) is 57.5 Å². The van der Waals surface area contributed by atoms with Crippen molar-refractivity contribution in [2.24, 2.45) is 0 Å². The van der Waals surface area contributed by atoms with Crippen LogP contribution < -0.4 is 0 Å². The van der Waals surface area contributed by atoms with Crippen molar-refractivity contribution in [3.8, 4) is 0 Å². The monoisotopic (exact) mass is 405 g/mol. The molecule has 9 nitrogen and oxygen atoms in total. The molecule has 0 aromatic rings. The van der Waals surface area contributed by atoms with Gasteiger partial charge in [-0.1, -0.05) is 24.0 Å². The zero-order valence-electron chi connectivity index (χ0n) is 14.6. The van der Waals surface area contributed by atoms with Gasteiger partial charge in [-0.25, -0.2) is 0 Å². The molecular formula is C15H19NO8S2. The van der Waals surface area contributed by atoms with Crippen LogP contribution in [0.1, 0.15) is 27.7 Å². The lowest BCUT2D eigenvalue weighted by atomic mass is 9.96. The fourth-order valence-electron chi connectivity index (χ4n) is 2.87. The standard InChI is InChI=1S/C15H19NO8S2/c1-6(17)16-11-13(23-9(4)20)12(22-8(3)19)10(5-21-7(2)18)24-14(11)26-15(16)25/h10-14H,5H2,1-4H3/t10-,11-,12-,13-,14-/m1/s1. The third-order valence-corrected chi connectivity index (χ3v) is 5.23. The van der Waals surface area contributed by atoms with E-state index in [1.807, 2.05) is 0 Å². The molecule has 0 aromatic heterocycles. The Morgan fingerprint density at radius 2 is 1.62 bits per heavy atom. The van der Waals surface area contributed by atoms with Crippen LogP contribution in [0.3, 0.4) is 0 Å². The summed E-state index contributed by atoms with van der Waals surface area (Å²) in [4.78, 5) is 47.6. The van der Waals surface area contributed by atoms with E-state index >= 15 is 0 Å². The molecule has 2 heterocycles. The lowest BCUT2D eigenvalue weighted by molar-refractivity contribution is -0.216. The van der Waals surface area contributed by atoms with Gasteiger partial charge >= 0.3 is 17.9 Å². The first kappa shape index (κ1) is 20.6. The summed E-state index contributed by atoms with van der Waals surface area (Å²) in [6, 6.07) is -0.758. The lowest BCUT2D eigenvalue weighted by Crippen LogP contribution is -2.63. The minimum atomic E-state index is -1.07. The molecule has 2 aliphatic heterocycles. The number of esters is 3. The molecule has 0 aliphatic carbocycles. The topological polar surface area (TPSA) is 108 Å². The zero-order valence-corrected chi connectivity index (χ0v) is 16.3. The summed E-state index contributed by atoms with van der Waals surface area (Å²) >= 11 is 6.34. The lowest BCUT2D eigenvalue weighted by Gasteiger charge is -2.43. The third kappa shape index (κ3) is 4.51. The molecule has 5 atom stereocenters. The maximum atomic E-state index is 12.0. The average molecular weight is 405 g/mol. The SMILES string of the molecule is CC(=O)OC[C@H]1O[C@@H]2SC(=S)N(C(C)=O)[C@@H]2[C@@H](OC(C)=O)[C@@H]1OC(C)=O. The summed E-state index contributed by atoms with van der Waals surface area (Å²) in [5.41, 5.74) is -0.650. The summed E-state index contributed by atoms with van der Waals surface area (Å²) in [6.07, 6.45) is -2.97. The van der Waals surface area contributed by atoms with Crippen LogP contribution in [-0.2, 0) is 38.1 Å². The third-order valence-electron chi connectivity index (χ3n) is 3.72. The van der Waals surface area contributed by atoms with Gasteiger partial charge in [-0.05, 0) is 0 Å². The number of amides is 1. The minimum Gasteiger partial charge on any atom is -0.463 e. The van der Waals surface area contributed by atoms with E-state index in [1.54, 1.807) is 0 Å². The van der Waals surface area contributed by atoms with Gasteiger partial charge in [0.05, 0.1) is 0 Å². The first-order chi connectivity index (χ1) is 12.1. The zero-order chi connectivity index (χ0) is 19.6. The Kier molecular flexibility index (Phi) is 6.58. The quantitative estimate of drug-likeness (QED) is 0.370. The number of thiocarbonyl (C=S) groups is 1. The van der Waals surface area contributed by atoms with Crippen LogP contribution in [-0.4, -0.2) is 69.4 Å². The summed E-state index contributed by atoms with van der Waals surface area (Å²) in [5.74, 6) is -2.15. The van der Waals surface area contributed by atoms with E-state index in [2.05, 4.69) is 0 Å². The van der Waals surface area contributed by atoms with Gasteiger partial charge in [-0.2, -0.15) is 0 Å². The maximum Gasteiger partial charge on any atom is 0.303 e. The molecule has 0 aromatic carbocycles. The Morgan fingerprint density at radius 3 is 2.12 bits per heavy atom. The van der Waals surface area contributed by atoms with Gasteiger partial charge in [0.25, 0.3) is 0 Å². The van der Waals surface area contributed by atoms with E-state index in [1.165, 1.54) is 32.6 Å². The second kappa shape index (κ2) is 8.31. The van der Waals surface area contributed by atoms with E-state index in [4.69, 9.17) is 31.2 Å². The van der Waals surface area contributed by atoms with Crippen molar-refractivity contribution < 1.29 is 38.1 Å². The van der Waals surface area contributed by atoms with Crippen LogP contribution in [0.15, 0.2) is 0 Å². The Bertz CT molecular complexity index is 639. The van der Waals surface area contributed by atoms with Crippen LogP contribution in [0.4, 0.5) is 0 Å². The molecule has 0 spiro atoms. The van der Waals surface area contributed by atoms with Gasteiger partial charge in [-0.15, -0.1) is 0 Å². The molecule has 2 aliphatic rings. The van der Waals surface area contributed by atoms with Gasteiger partial charge in [0.15, 0.2) is 12.2 Å². The summed E-state index contributed by atoms with van der Waals surface area (Å²) in [6.45, 7) is 4.74. The smallest absolute Gasteiger partial charge is 0.303 e. The van der Waals surface area contributed by atoms with Gasteiger partial charge in [0.2, 0.25) is 5.91 Å². The number of thioether (sulfide) groups is 1. The number of hydrogen-bond donors (Lipinski definition) is 0. The van der Waals surface area contributed by atoms with Crippen LogP contribution >= 0.6 is 24.0 Å². The molecule has 26 heavy (non-hydrogen) atoms. The molecular weight excluding hydrogens is 386 g/mol. The van der Waals surface area contributed by atoms with Crippen molar-refractivity contribution in [1.82, 2.24) is 4.90 Å². The second-order valence-corrected chi connectivity index (χ2v) is 7.49. The van der Waals surface area contributed by atoms with Crippen molar-refractivity contribution in [3.05, 3.63) is 0 Å². The number of carbonyl (C=O) groups is 4. The molecule has 0 saturated carbocycles. The molecule has 0 N–H and O–H groups in total. The average Bonchev–Trinajstić information content (AvgIpc) is 2.82.